The van der Waals surface area contributed by atoms with Gasteiger partial charge in [-0.15, -0.1) is 0 Å². The highest BCUT2D eigenvalue weighted by atomic mass is 19.4. The predicted octanol–water partition coefficient (Wildman–Crippen LogP) is 2.71. The van der Waals surface area contributed by atoms with Crippen LogP contribution in [0.5, 0.6) is 0 Å². The fourth-order valence-electron chi connectivity index (χ4n) is 3.83. The molecule has 204 valence electrons. The maximum atomic E-state index is 13.0. The van der Waals surface area contributed by atoms with Crippen LogP contribution < -0.4 is 4.90 Å². The van der Waals surface area contributed by atoms with Crippen LogP contribution >= 0.6 is 0 Å². The van der Waals surface area contributed by atoms with Crippen molar-refractivity contribution in [2.24, 2.45) is 12.5 Å². The average Bonchev–Trinajstić information content (AvgIpc) is 3.49. The van der Waals surface area contributed by atoms with E-state index >= 15 is 0 Å². The second-order valence-electron chi connectivity index (χ2n) is 8.28. The molecule has 37 heavy (non-hydrogen) atoms. The van der Waals surface area contributed by atoms with Crippen molar-refractivity contribution in [2.75, 3.05) is 24.5 Å². The number of carboxylic acids is 2. The van der Waals surface area contributed by atoms with Crippen molar-refractivity contribution in [2.45, 2.75) is 31.7 Å². The van der Waals surface area contributed by atoms with E-state index in [2.05, 4.69) is 15.0 Å². The molecule has 16 heteroatoms. The number of halogens is 6. The molecule has 4 heterocycles. The number of likely N-dealkylation sites (tertiary alicyclic amines) is 1. The molecule has 1 unspecified atom stereocenters. The van der Waals surface area contributed by atoms with Crippen molar-refractivity contribution >= 4 is 23.5 Å². The van der Waals surface area contributed by atoms with Gasteiger partial charge in [-0.25, -0.2) is 9.59 Å². The van der Waals surface area contributed by atoms with E-state index in [1.54, 1.807) is 10.9 Å². The van der Waals surface area contributed by atoms with Gasteiger partial charge in [-0.1, -0.05) is 0 Å². The number of aryl methyl sites for hydroxylation is 1. The molecule has 0 saturated carbocycles. The molecule has 2 saturated heterocycles. The number of hydrogen-bond acceptors (Lipinski definition) is 6. The largest absolute Gasteiger partial charge is 0.490 e. The van der Waals surface area contributed by atoms with Gasteiger partial charge in [-0.3, -0.25) is 19.4 Å². The lowest BCUT2D eigenvalue weighted by atomic mass is 9.85. The fraction of sp³-hybridized carbons (Fsp3) is 0.476. The van der Waals surface area contributed by atoms with Crippen molar-refractivity contribution < 1.29 is 50.9 Å². The van der Waals surface area contributed by atoms with Crippen LogP contribution in [0.2, 0.25) is 0 Å². The maximum Gasteiger partial charge on any atom is 0.490 e. The van der Waals surface area contributed by atoms with Gasteiger partial charge >= 0.3 is 24.3 Å². The zero-order chi connectivity index (χ0) is 28.0. The van der Waals surface area contributed by atoms with Crippen LogP contribution in [-0.4, -0.2) is 79.7 Å². The summed E-state index contributed by atoms with van der Waals surface area (Å²) in [7, 11) is 1.88. The molecule has 0 bridgehead atoms. The second-order valence-corrected chi connectivity index (χ2v) is 8.28. The minimum absolute atomic E-state index is 0.205. The number of anilines is 1. The molecule has 2 N–H and O–H groups in total. The number of hydrogen-bond donors (Lipinski definition) is 2. The Balaban J connectivity index is 0.000000286. The van der Waals surface area contributed by atoms with Crippen LogP contribution in [0.1, 0.15) is 18.4 Å². The van der Waals surface area contributed by atoms with Gasteiger partial charge in [0.25, 0.3) is 0 Å². The Labute approximate surface area is 206 Å². The number of rotatable bonds is 3. The van der Waals surface area contributed by atoms with Crippen LogP contribution in [-0.2, 0) is 28.0 Å². The standard InChI is InChI=1S/C17H21N5O.2C2HF3O2/c1-20-12-15(10-19-20)22-9-5-17(16(22)23)4-8-21(13-17)11-14-2-6-18-7-3-14;2*3-2(4,5)1(6)7/h2-3,6-7,10,12H,4-5,8-9,11,13H2,1H3;2*(H,6,7). The molecule has 0 aromatic carbocycles. The van der Waals surface area contributed by atoms with E-state index in [9.17, 15) is 31.1 Å². The highest BCUT2D eigenvalue weighted by molar-refractivity contribution is 6.00. The van der Waals surface area contributed by atoms with E-state index in [0.717, 1.165) is 44.7 Å². The SMILES string of the molecule is Cn1cc(N2CCC3(CCN(Cc4ccncc4)C3)C2=O)cn1.O=C(O)C(F)(F)F.O=C(O)C(F)(F)F. The normalized spacial score (nSPS) is 19.8. The molecule has 2 aliphatic rings. The minimum Gasteiger partial charge on any atom is -0.475 e. The molecule has 1 amide bonds. The molecule has 10 nitrogen and oxygen atoms in total. The maximum absolute atomic E-state index is 13.0. The van der Waals surface area contributed by atoms with Gasteiger partial charge in [0.05, 0.1) is 17.3 Å². The monoisotopic (exact) mass is 539 g/mol. The zero-order valence-corrected chi connectivity index (χ0v) is 19.3. The van der Waals surface area contributed by atoms with Gasteiger partial charge < -0.3 is 15.1 Å². The predicted molar refractivity (Wildman–Crippen MR) is 114 cm³/mol. The molecule has 4 rings (SSSR count). The molecule has 2 fully saturated rings. The summed E-state index contributed by atoms with van der Waals surface area (Å²) in [6, 6.07) is 4.09. The number of carboxylic acid groups (broad SMARTS) is 2. The lowest BCUT2D eigenvalue weighted by molar-refractivity contribution is -0.193. The van der Waals surface area contributed by atoms with Gasteiger partial charge in [0, 0.05) is 45.3 Å². The second kappa shape index (κ2) is 11.6. The third kappa shape index (κ3) is 8.16. The number of amides is 1. The van der Waals surface area contributed by atoms with E-state index in [-0.39, 0.29) is 11.3 Å². The summed E-state index contributed by atoms with van der Waals surface area (Å²) in [5.74, 6) is -5.25. The van der Waals surface area contributed by atoms with Crippen molar-refractivity contribution in [1.29, 1.82) is 0 Å². The summed E-state index contributed by atoms with van der Waals surface area (Å²) in [6.07, 6.45) is -0.930. The Morgan fingerprint density at radius 3 is 1.97 bits per heavy atom. The molecule has 2 aromatic heterocycles. The highest BCUT2D eigenvalue weighted by Gasteiger charge is 2.51. The van der Waals surface area contributed by atoms with Gasteiger partial charge in [-0.2, -0.15) is 31.4 Å². The molecular formula is C21H23F6N5O5. The lowest BCUT2D eigenvalue weighted by Gasteiger charge is -2.23. The Bertz CT molecular complexity index is 1070. The fourth-order valence-corrected chi connectivity index (χ4v) is 3.83. The summed E-state index contributed by atoms with van der Waals surface area (Å²) in [6.45, 7) is 3.53. The number of nitrogens with zero attached hydrogens (tertiary/aromatic N) is 5. The van der Waals surface area contributed by atoms with Crippen LogP contribution in [0.3, 0.4) is 0 Å². The topological polar surface area (TPSA) is 129 Å². The van der Waals surface area contributed by atoms with Crippen LogP contribution in [0.25, 0.3) is 0 Å². The molecule has 1 spiro atoms. The Morgan fingerprint density at radius 2 is 1.51 bits per heavy atom. The lowest BCUT2D eigenvalue weighted by Crippen LogP contribution is -2.36. The number of carbonyl (C=O) groups excluding carboxylic acids is 1. The first kappa shape index (κ1) is 29.5. The number of alkyl halides is 6. The number of aromatic nitrogens is 3. The Kier molecular flexibility index (Phi) is 9.24. The van der Waals surface area contributed by atoms with E-state index in [1.807, 2.05) is 42.7 Å². The number of pyridine rings is 1. The van der Waals surface area contributed by atoms with Crippen molar-refractivity contribution in [3.05, 3.63) is 42.5 Å². The zero-order valence-electron chi connectivity index (χ0n) is 19.3. The van der Waals surface area contributed by atoms with Crippen LogP contribution in [0, 0.1) is 5.41 Å². The van der Waals surface area contributed by atoms with Gasteiger partial charge in [0.1, 0.15) is 0 Å². The van der Waals surface area contributed by atoms with E-state index in [1.165, 1.54) is 5.56 Å². The Morgan fingerprint density at radius 1 is 1.00 bits per heavy atom. The summed E-state index contributed by atoms with van der Waals surface area (Å²) >= 11 is 0. The van der Waals surface area contributed by atoms with Crippen molar-refractivity contribution in [3.8, 4) is 0 Å². The quantitative estimate of drug-likeness (QED) is 0.570. The smallest absolute Gasteiger partial charge is 0.475 e. The van der Waals surface area contributed by atoms with Crippen LogP contribution in [0.4, 0.5) is 32.0 Å². The van der Waals surface area contributed by atoms with Gasteiger partial charge in [0.2, 0.25) is 5.91 Å². The summed E-state index contributed by atoms with van der Waals surface area (Å²) in [5, 5.41) is 18.4. The summed E-state index contributed by atoms with van der Waals surface area (Å²) in [4.78, 5) is 39.1. The summed E-state index contributed by atoms with van der Waals surface area (Å²) in [5.41, 5.74) is 1.97. The number of carbonyl (C=O) groups is 3. The molecule has 0 radical (unpaired) electrons. The highest BCUT2D eigenvalue weighted by Crippen LogP contribution is 2.42. The number of aliphatic carboxylic acids is 2. The molecule has 1 atom stereocenters. The van der Waals surface area contributed by atoms with Gasteiger partial charge in [0.15, 0.2) is 0 Å². The first-order chi connectivity index (χ1) is 17.0. The average molecular weight is 539 g/mol. The van der Waals surface area contributed by atoms with E-state index in [0.29, 0.717) is 0 Å². The minimum atomic E-state index is -5.08. The van der Waals surface area contributed by atoms with Crippen molar-refractivity contribution in [3.63, 3.8) is 0 Å². The van der Waals surface area contributed by atoms with Gasteiger partial charge in [-0.05, 0) is 37.1 Å². The van der Waals surface area contributed by atoms with E-state index in [4.69, 9.17) is 19.8 Å². The molecule has 2 aliphatic heterocycles. The summed E-state index contributed by atoms with van der Waals surface area (Å²) < 4.78 is 65.2. The van der Waals surface area contributed by atoms with E-state index < -0.39 is 24.3 Å². The first-order valence-electron chi connectivity index (χ1n) is 10.6. The third-order valence-corrected chi connectivity index (χ3v) is 5.59. The molecular weight excluding hydrogens is 516 g/mol. The molecule has 2 aromatic rings. The third-order valence-electron chi connectivity index (χ3n) is 5.59. The first-order valence-corrected chi connectivity index (χ1v) is 10.6. The van der Waals surface area contributed by atoms with Crippen molar-refractivity contribution in [1.82, 2.24) is 19.7 Å². The Hall–Kier alpha value is -3.69. The molecule has 0 aliphatic carbocycles. The van der Waals surface area contributed by atoms with Crippen LogP contribution in [0.15, 0.2) is 36.9 Å².